The number of hydrogen-bond acceptors (Lipinski definition) is 2. The highest BCUT2D eigenvalue weighted by atomic mass is 15.2. The summed E-state index contributed by atoms with van der Waals surface area (Å²) in [6.07, 6.45) is 0. The lowest BCUT2D eigenvalue weighted by Crippen LogP contribution is -2.65. The van der Waals surface area contributed by atoms with E-state index in [2.05, 4.69) is 456 Å². The SMILES string of the molecule is CC(C)(C)c1cc(-c2cc3c4c(c2)C2(c5cc(-n6c7ccc(C(C)(C)C)cc7c7cc(C(C)(C)C)ccc76)ccc5B4c4ccc(-n5c6ccc(C(C)(C)C)cc6c6cc(C(C)(C)C)ccc65)cc4N3c3c(-c4ccccc4)cc(C(C)(C)C)cc3-c3ccccc3)c3ccccc3N(c3ccccc3)c3ccccc32)cc(C(C)(C)C)c1. The maximum atomic E-state index is 2.80. The molecule has 4 nitrogen and oxygen atoms in total. The van der Waals surface area contributed by atoms with Crippen LogP contribution in [-0.2, 0) is 43.3 Å². The molecule has 0 aliphatic carbocycles. The lowest BCUT2D eigenvalue weighted by Gasteiger charge is -2.52. The van der Waals surface area contributed by atoms with E-state index in [9.17, 15) is 0 Å². The first-order valence-corrected chi connectivity index (χ1v) is 42.9. The van der Waals surface area contributed by atoms with Gasteiger partial charge in [0, 0.05) is 61.1 Å². The highest BCUT2D eigenvalue weighted by Gasteiger charge is 2.56. The molecule has 0 bridgehead atoms. The fourth-order valence-corrected chi connectivity index (χ4v) is 19.8. The number of anilines is 6. The molecule has 118 heavy (non-hydrogen) atoms. The molecule has 0 radical (unpaired) electrons. The molecule has 3 aliphatic rings. The molecular formula is C113H111BN4. The minimum absolute atomic E-state index is 0.0736. The van der Waals surface area contributed by atoms with Crippen molar-refractivity contribution in [1.29, 1.82) is 0 Å². The van der Waals surface area contributed by atoms with Gasteiger partial charge in [-0.3, -0.25) is 0 Å². The van der Waals surface area contributed by atoms with Crippen LogP contribution in [0.5, 0.6) is 0 Å². The molecule has 14 aromatic carbocycles. The van der Waals surface area contributed by atoms with Gasteiger partial charge in [-0.2, -0.15) is 0 Å². The van der Waals surface area contributed by atoms with Crippen molar-refractivity contribution >= 4 is 101 Å². The predicted molar refractivity (Wildman–Crippen MR) is 508 cm³/mol. The van der Waals surface area contributed by atoms with E-state index in [1.807, 2.05) is 0 Å². The number of rotatable bonds is 7. The summed E-state index contributed by atoms with van der Waals surface area (Å²) in [5.41, 5.74) is 37.0. The highest BCUT2D eigenvalue weighted by molar-refractivity contribution is 6.99. The summed E-state index contributed by atoms with van der Waals surface area (Å²) in [5.74, 6) is 0. The van der Waals surface area contributed by atoms with Gasteiger partial charge in [-0.15, -0.1) is 0 Å². The minimum Gasteiger partial charge on any atom is -0.310 e. The Morgan fingerprint density at radius 1 is 0.229 bits per heavy atom. The monoisotopic (exact) mass is 1530 g/mol. The second-order valence-corrected chi connectivity index (χ2v) is 41.5. The van der Waals surface area contributed by atoms with E-state index in [-0.39, 0.29) is 44.6 Å². The van der Waals surface area contributed by atoms with Crippen molar-refractivity contribution in [2.24, 2.45) is 0 Å². The zero-order chi connectivity index (χ0) is 82.6. The number of nitrogens with zero attached hydrogens (tertiary/aromatic N) is 4. The van der Waals surface area contributed by atoms with E-state index in [1.165, 1.54) is 143 Å². The maximum absolute atomic E-state index is 2.80. The van der Waals surface area contributed by atoms with Crippen LogP contribution in [0.25, 0.3) is 88.4 Å². The summed E-state index contributed by atoms with van der Waals surface area (Å²) >= 11 is 0. The number of fused-ring (bicyclic) bond motifs is 16. The first-order valence-electron chi connectivity index (χ1n) is 42.9. The van der Waals surface area contributed by atoms with Crippen LogP contribution in [0.4, 0.5) is 34.1 Å². The summed E-state index contributed by atoms with van der Waals surface area (Å²) in [6, 6.07) is 115. The molecule has 16 aromatic rings. The van der Waals surface area contributed by atoms with Gasteiger partial charge in [0.05, 0.1) is 44.5 Å². The Morgan fingerprint density at radius 2 is 0.593 bits per heavy atom. The molecule has 0 fully saturated rings. The molecule has 19 rings (SSSR count). The van der Waals surface area contributed by atoms with Crippen molar-refractivity contribution in [1.82, 2.24) is 9.13 Å². The summed E-state index contributed by atoms with van der Waals surface area (Å²) < 4.78 is 5.20. The molecule has 1 spiro atoms. The Bertz CT molecular complexity index is 6490. The van der Waals surface area contributed by atoms with Crippen molar-refractivity contribution in [3.8, 4) is 44.8 Å². The smallest absolute Gasteiger partial charge is 0.247 e. The summed E-state index contributed by atoms with van der Waals surface area (Å²) in [5, 5.41) is 5.06. The standard InChI is InChI=1S/C113H111BN4/c1-106(2,3)74-45-53-96-86(62-74)87-63-75(107(4,5)6)46-54-97(87)116(96)82-49-51-94-92(68-82)113(90-41-31-33-43-100(90)115(81-39-29-24-30-40-81)101-44-34-32-42-91(101)113)93-59-73(72-57-78(110(13,14)15)61-79(58-72)111(16,17)18)60-103-104(93)114(94)95-52-50-83(117-98-55-47-76(108(7,8)9)64-88(98)89-65-77(109(10,11)12)48-56-99(89)117)69-102(95)118(103)105-84(70-35-25-22-26-36-70)66-80(112(19,20)21)67-85(105)71-37-27-23-28-38-71/h22-69H,1-21H3. The summed E-state index contributed by atoms with van der Waals surface area (Å²) in [6.45, 7) is 49.3. The Morgan fingerprint density at radius 3 is 1.01 bits per heavy atom. The normalized spacial score (nSPS) is 14.2. The molecule has 5 heterocycles. The lowest BCUT2D eigenvalue weighted by molar-refractivity contribution is 0.569. The molecule has 0 amide bonds. The van der Waals surface area contributed by atoms with Crippen molar-refractivity contribution in [2.45, 2.75) is 189 Å². The van der Waals surface area contributed by atoms with Crippen LogP contribution < -0.4 is 26.2 Å². The molecule has 0 N–H and O–H groups in total. The fourth-order valence-electron chi connectivity index (χ4n) is 19.8. The topological polar surface area (TPSA) is 16.3 Å². The van der Waals surface area contributed by atoms with Gasteiger partial charge in [0.2, 0.25) is 6.71 Å². The molecule has 2 aromatic heterocycles. The molecule has 0 unspecified atom stereocenters. The summed E-state index contributed by atoms with van der Waals surface area (Å²) in [7, 11) is 0. The fraction of sp³-hybridized carbons (Fsp3) is 0.257. The van der Waals surface area contributed by atoms with Crippen molar-refractivity contribution in [3.63, 3.8) is 0 Å². The molecule has 586 valence electrons. The molecule has 0 saturated heterocycles. The second kappa shape index (κ2) is 26.7. The average Bonchev–Trinajstić information content (AvgIpc) is 0.735. The quantitative estimate of drug-likeness (QED) is 0.148. The van der Waals surface area contributed by atoms with Crippen molar-refractivity contribution in [2.75, 3.05) is 9.80 Å². The van der Waals surface area contributed by atoms with Crippen LogP contribution in [0.15, 0.2) is 291 Å². The minimum atomic E-state index is -0.975. The van der Waals surface area contributed by atoms with E-state index >= 15 is 0 Å². The maximum Gasteiger partial charge on any atom is 0.247 e. The van der Waals surface area contributed by atoms with E-state index in [0.717, 1.165) is 56.6 Å². The molecule has 0 atom stereocenters. The van der Waals surface area contributed by atoms with Gasteiger partial charge in [0.15, 0.2) is 0 Å². The van der Waals surface area contributed by atoms with Gasteiger partial charge >= 0.3 is 0 Å². The van der Waals surface area contributed by atoms with Gasteiger partial charge in [0.25, 0.3) is 0 Å². The first-order chi connectivity index (χ1) is 55.9. The number of benzene rings is 14. The van der Waals surface area contributed by atoms with Crippen LogP contribution in [0.3, 0.4) is 0 Å². The zero-order valence-electron chi connectivity index (χ0n) is 73.1. The van der Waals surface area contributed by atoms with Gasteiger partial charge in [0.1, 0.15) is 0 Å². The highest BCUT2D eigenvalue weighted by Crippen LogP contribution is 2.61. The molecule has 3 aliphatic heterocycles. The van der Waals surface area contributed by atoms with Gasteiger partial charge < -0.3 is 18.9 Å². The lowest BCUT2D eigenvalue weighted by atomic mass is 9.29. The molecule has 5 heteroatoms. The van der Waals surface area contributed by atoms with Crippen LogP contribution in [0.2, 0.25) is 0 Å². The average molecular weight is 1540 g/mol. The van der Waals surface area contributed by atoms with Gasteiger partial charge in [-0.25, -0.2) is 0 Å². The Labute approximate surface area is 701 Å². The third kappa shape index (κ3) is 12.2. The van der Waals surface area contributed by atoms with E-state index < -0.39 is 5.41 Å². The Balaban J connectivity index is 1.03. The van der Waals surface area contributed by atoms with Crippen LogP contribution in [0.1, 0.15) is 207 Å². The van der Waals surface area contributed by atoms with Crippen LogP contribution >= 0.6 is 0 Å². The predicted octanol–water partition coefficient (Wildman–Crippen LogP) is 28.7. The van der Waals surface area contributed by atoms with Crippen LogP contribution in [0, 0.1) is 0 Å². The van der Waals surface area contributed by atoms with E-state index in [0.29, 0.717) is 0 Å². The molecule has 0 saturated carbocycles. The third-order valence-electron chi connectivity index (χ3n) is 26.4. The largest absolute Gasteiger partial charge is 0.310 e. The van der Waals surface area contributed by atoms with E-state index in [4.69, 9.17) is 0 Å². The Kier molecular flexibility index (Phi) is 17.3. The summed E-state index contributed by atoms with van der Waals surface area (Å²) in [4.78, 5) is 5.35. The Hall–Kier alpha value is -11.7. The van der Waals surface area contributed by atoms with Crippen molar-refractivity contribution in [3.05, 3.63) is 352 Å². The van der Waals surface area contributed by atoms with Gasteiger partial charge in [-0.1, -0.05) is 321 Å². The second-order valence-electron chi connectivity index (χ2n) is 41.5. The zero-order valence-corrected chi connectivity index (χ0v) is 73.1. The molecular weight excluding hydrogens is 1420 g/mol. The van der Waals surface area contributed by atoms with Crippen LogP contribution in [-0.4, -0.2) is 15.8 Å². The number of para-hydroxylation sites is 3. The number of hydrogen-bond donors (Lipinski definition) is 0. The first kappa shape index (κ1) is 76.3. The van der Waals surface area contributed by atoms with Crippen molar-refractivity contribution < 1.29 is 0 Å². The third-order valence-corrected chi connectivity index (χ3v) is 26.4. The van der Waals surface area contributed by atoms with Gasteiger partial charge in [-0.05, 0) is 254 Å². The van der Waals surface area contributed by atoms with E-state index in [1.54, 1.807) is 0 Å². The number of aromatic nitrogens is 2.